The number of hydrogen-bond donors (Lipinski definition) is 1. The van der Waals surface area contributed by atoms with E-state index in [1.165, 1.54) is 6.92 Å². The third kappa shape index (κ3) is 2.48. The summed E-state index contributed by atoms with van der Waals surface area (Å²) in [6, 6.07) is 0. The van der Waals surface area contributed by atoms with Crippen LogP contribution < -0.4 is 0 Å². The molecule has 0 aromatic rings. The molecule has 6 heterocycles. The molecule has 0 amide bonds. The first kappa shape index (κ1) is 24.6. The van der Waals surface area contributed by atoms with Gasteiger partial charge in [0.1, 0.15) is 35.1 Å². The van der Waals surface area contributed by atoms with Crippen molar-refractivity contribution >= 4 is 23.5 Å². The Hall–Kier alpha value is -2.14. The molecule has 6 aliphatic heterocycles. The number of ether oxygens (including phenoxy) is 5. The topological polar surface area (TPSA) is 135 Å². The molecule has 12 atom stereocenters. The lowest BCUT2D eigenvalue weighted by molar-refractivity contribution is -0.334. The van der Waals surface area contributed by atoms with Crippen LogP contribution in [-0.4, -0.2) is 75.1 Å². The number of rotatable bonds is 0. The van der Waals surface area contributed by atoms with Crippen molar-refractivity contribution in [1.29, 1.82) is 0 Å². The average molecular weight is 543 g/mol. The molecule has 7 fully saturated rings. The summed E-state index contributed by atoms with van der Waals surface area (Å²) in [6.07, 6.45) is 1.11. The summed E-state index contributed by atoms with van der Waals surface area (Å²) in [7, 11) is 0. The first-order valence-electron chi connectivity index (χ1n) is 14.1. The standard InChI is InChI=1S/C29H34O10/c1-12-18-19(35-22(12)32)17-20-25(4,23(33)26(17,5)34)8-9-27-11-28-14(24(2,3)36-15(28)10-16(30)37-28)7-6-13(27)21(31)29(20,38-18)39-27/h6,12,14-15,17-20,34H,7-11H2,1-5H3/t12-,14-,15+,17+,18+,19+,20-,25-,26+,27-,28+,29-/m1/s1. The zero-order chi connectivity index (χ0) is 27.7. The number of carbonyl (C=O) groups excluding carboxylic acids is 4. The third-order valence-corrected chi connectivity index (χ3v) is 11.8. The second-order valence-corrected chi connectivity index (χ2v) is 14.2. The van der Waals surface area contributed by atoms with Crippen LogP contribution in [0.2, 0.25) is 0 Å². The number of carbonyl (C=O) groups is 4. The molecule has 10 heteroatoms. The predicted octanol–water partition coefficient (Wildman–Crippen LogP) is 1.55. The Morgan fingerprint density at radius 2 is 1.74 bits per heavy atom. The van der Waals surface area contributed by atoms with Gasteiger partial charge in [0.15, 0.2) is 5.78 Å². The molecule has 1 saturated carbocycles. The predicted molar refractivity (Wildman–Crippen MR) is 129 cm³/mol. The van der Waals surface area contributed by atoms with E-state index in [2.05, 4.69) is 0 Å². The minimum Gasteiger partial charge on any atom is -0.459 e. The van der Waals surface area contributed by atoms with Crippen molar-refractivity contribution < 1.29 is 48.0 Å². The van der Waals surface area contributed by atoms with Crippen LogP contribution in [0, 0.1) is 29.1 Å². The van der Waals surface area contributed by atoms with E-state index >= 15 is 0 Å². The number of aliphatic hydroxyl groups is 1. The molecule has 8 rings (SSSR count). The Balaban J connectivity index is 1.33. The molecular weight excluding hydrogens is 508 g/mol. The molecule has 39 heavy (non-hydrogen) atoms. The minimum atomic E-state index is -1.88. The van der Waals surface area contributed by atoms with Gasteiger partial charge in [-0.3, -0.25) is 19.2 Å². The van der Waals surface area contributed by atoms with Crippen LogP contribution in [-0.2, 0) is 42.9 Å². The summed E-state index contributed by atoms with van der Waals surface area (Å²) in [5.41, 5.74) is -5.28. The minimum absolute atomic E-state index is 0.130. The lowest BCUT2D eigenvalue weighted by Crippen LogP contribution is -2.64. The number of ketones is 2. The molecule has 0 aromatic carbocycles. The van der Waals surface area contributed by atoms with Crippen molar-refractivity contribution in [2.24, 2.45) is 29.1 Å². The Morgan fingerprint density at radius 1 is 1.00 bits per heavy atom. The summed E-state index contributed by atoms with van der Waals surface area (Å²) in [5.74, 6) is -6.09. The molecule has 10 nitrogen and oxygen atoms in total. The molecule has 3 spiro atoms. The van der Waals surface area contributed by atoms with Gasteiger partial charge in [-0.25, -0.2) is 0 Å². The van der Waals surface area contributed by atoms with Gasteiger partial charge in [0.2, 0.25) is 11.6 Å². The van der Waals surface area contributed by atoms with Gasteiger partial charge in [0.05, 0.1) is 17.9 Å². The van der Waals surface area contributed by atoms with E-state index in [0.717, 1.165) is 0 Å². The van der Waals surface area contributed by atoms with Crippen molar-refractivity contribution in [3.05, 3.63) is 11.6 Å². The summed E-state index contributed by atoms with van der Waals surface area (Å²) in [4.78, 5) is 54.1. The van der Waals surface area contributed by atoms with Crippen molar-refractivity contribution in [3.8, 4) is 0 Å². The fraction of sp³-hybridized carbons (Fsp3) is 0.793. The lowest BCUT2D eigenvalue weighted by atomic mass is 9.62. The SMILES string of the molecule is C[C@H]1C(=O)O[C@@H]2[C@H]1O[C@@]13O[C@]4(CC[C@@]5(C)C(=O)[C@@](C)(O)[C@@H]2[C@@H]15)C[C@@]12OC(=O)C[C@@H]1OC(C)(C)[C@H]2CC=C4C3=O. The van der Waals surface area contributed by atoms with E-state index in [0.29, 0.717) is 24.8 Å². The van der Waals surface area contributed by atoms with Gasteiger partial charge in [-0.2, -0.15) is 0 Å². The smallest absolute Gasteiger partial charge is 0.311 e. The Labute approximate surface area is 225 Å². The fourth-order valence-electron chi connectivity index (χ4n) is 10.2. The molecule has 1 N–H and O–H groups in total. The van der Waals surface area contributed by atoms with E-state index in [4.69, 9.17) is 23.7 Å². The molecule has 2 aliphatic carbocycles. The Morgan fingerprint density at radius 3 is 2.49 bits per heavy atom. The molecule has 0 unspecified atom stereocenters. The number of fused-ring (bicyclic) bond motifs is 2. The highest BCUT2D eigenvalue weighted by molar-refractivity contribution is 6.08. The second kappa shape index (κ2) is 6.66. The monoisotopic (exact) mass is 542 g/mol. The van der Waals surface area contributed by atoms with E-state index in [1.54, 1.807) is 13.8 Å². The maximum atomic E-state index is 14.7. The Bertz CT molecular complexity index is 1310. The maximum Gasteiger partial charge on any atom is 0.311 e. The first-order chi connectivity index (χ1) is 18.1. The summed E-state index contributed by atoms with van der Waals surface area (Å²) >= 11 is 0. The van der Waals surface area contributed by atoms with Crippen LogP contribution in [0.4, 0.5) is 0 Å². The van der Waals surface area contributed by atoms with Crippen LogP contribution in [0.3, 0.4) is 0 Å². The third-order valence-electron chi connectivity index (χ3n) is 11.8. The van der Waals surface area contributed by atoms with E-state index < -0.39 is 81.4 Å². The van der Waals surface area contributed by atoms with Crippen LogP contribution >= 0.6 is 0 Å². The lowest BCUT2D eigenvalue weighted by Gasteiger charge is -2.50. The summed E-state index contributed by atoms with van der Waals surface area (Å²) in [5, 5.41) is 11.7. The number of esters is 2. The highest BCUT2D eigenvalue weighted by Gasteiger charge is 2.84. The average Bonchev–Trinajstić information content (AvgIpc) is 3.41. The van der Waals surface area contributed by atoms with E-state index in [1.807, 2.05) is 19.9 Å². The van der Waals surface area contributed by atoms with Gasteiger partial charge in [-0.1, -0.05) is 13.0 Å². The number of allylic oxidation sites excluding steroid dienone is 1. The quantitative estimate of drug-likeness (QED) is 0.449. The molecule has 0 aromatic heterocycles. The molecule has 210 valence electrons. The number of Topliss-reactive ketones (excluding diaryl/α,β-unsaturated/α-hetero) is 2. The molecular formula is C29H34O10. The van der Waals surface area contributed by atoms with Gasteiger partial charge in [-0.05, 0) is 47.0 Å². The van der Waals surface area contributed by atoms with Crippen molar-refractivity contribution in [3.63, 3.8) is 0 Å². The van der Waals surface area contributed by atoms with Crippen LogP contribution in [0.1, 0.15) is 66.7 Å². The van der Waals surface area contributed by atoms with Gasteiger partial charge in [0.25, 0.3) is 0 Å². The Kier molecular flexibility index (Phi) is 4.21. The van der Waals surface area contributed by atoms with E-state index in [9.17, 15) is 24.3 Å². The van der Waals surface area contributed by atoms with Crippen LogP contribution in [0.5, 0.6) is 0 Å². The van der Waals surface area contributed by atoms with Gasteiger partial charge >= 0.3 is 11.9 Å². The fourth-order valence-corrected chi connectivity index (χ4v) is 10.2. The normalized spacial score (nSPS) is 57.9. The largest absolute Gasteiger partial charge is 0.459 e. The second-order valence-electron chi connectivity index (χ2n) is 14.2. The van der Waals surface area contributed by atoms with Gasteiger partial charge in [-0.15, -0.1) is 0 Å². The van der Waals surface area contributed by atoms with Crippen molar-refractivity contribution in [2.75, 3.05) is 0 Å². The zero-order valence-corrected chi connectivity index (χ0v) is 22.8. The van der Waals surface area contributed by atoms with Crippen LogP contribution in [0.15, 0.2) is 11.6 Å². The van der Waals surface area contributed by atoms with Gasteiger partial charge in [0, 0.05) is 35.2 Å². The first-order valence-corrected chi connectivity index (χ1v) is 14.1. The molecule has 8 aliphatic rings. The molecule has 0 radical (unpaired) electrons. The summed E-state index contributed by atoms with van der Waals surface area (Å²) < 4.78 is 31.8. The zero-order valence-electron chi connectivity index (χ0n) is 22.8. The summed E-state index contributed by atoms with van der Waals surface area (Å²) in [6.45, 7) is 8.88. The van der Waals surface area contributed by atoms with E-state index in [-0.39, 0.29) is 30.5 Å². The van der Waals surface area contributed by atoms with Crippen molar-refractivity contribution in [1.82, 2.24) is 0 Å². The highest BCUT2D eigenvalue weighted by Crippen LogP contribution is 2.71. The van der Waals surface area contributed by atoms with Crippen molar-refractivity contribution in [2.45, 2.75) is 113 Å². The van der Waals surface area contributed by atoms with Gasteiger partial charge < -0.3 is 28.8 Å². The highest BCUT2D eigenvalue weighted by atomic mass is 16.7. The molecule has 6 saturated heterocycles. The number of hydrogen-bond acceptors (Lipinski definition) is 10. The maximum absolute atomic E-state index is 14.7. The van der Waals surface area contributed by atoms with Crippen LogP contribution in [0.25, 0.3) is 0 Å². The molecule has 2 bridgehead atoms.